The van der Waals surface area contributed by atoms with Gasteiger partial charge < -0.3 is 5.32 Å². The summed E-state index contributed by atoms with van der Waals surface area (Å²) >= 11 is 0. The van der Waals surface area contributed by atoms with Crippen LogP contribution in [0.4, 0.5) is 10.1 Å². The summed E-state index contributed by atoms with van der Waals surface area (Å²) in [5.74, 6) is -0.500. The van der Waals surface area contributed by atoms with Gasteiger partial charge in [0.05, 0.1) is 11.4 Å². The standard InChI is InChI=1S/C20H24FN3O3S/c1-23(2)28(26,27)19-5-3-4-17(12-19)22-20(25)14-24(18-10-11-18)13-15-6-8-16(21)9-7-15/h3-9,12,18H,10-11,13-14H2,1-2H3,(H,22,25). The van der Waals surface area contributed by atoms with Gasteiger partial charge in [-0.15, -0.1) is 0 Å². The minimum atomic E-state index is -3.56. The van der Waals surface area contributed by atoms with Gasteiger partial charge in [0.15, 0.2) is 0 Å². The molecular formula is C20H24FN3O3S. The lowest BCUT2D eigenvalue weighted by molar-refractivity contribution is -0.117. The number of hydrogen-bond acceptors (Lipinski definition) is 4. The monoisotopic (exact) mass is 405 g/mol. The van der Waals surface area contributed by atoms with Crippen LogP contribution in [0.25, 0.3) is 0 Å². The fraction of sp³-hybridized carbons (Fsp3) is 0.350. The summed E-state index contributed by atoms with van der Waals surface area (Å²) < 4.78 is 38.7. The number of rotatable bonds is 8. The van der Waals surface area contributed by atoms with E-state index in [4.69, 9.17) is 0 Å². The molecule has 0 aromatic heterocycles. The second-order valence-corrected chi connectivity index (χ2v) is 9.28. The molecule has 150 valence electrons. The molecule has 3 rings (SSSR count). The summed E-state index contributed by atoms with van der Waals surface area (Å²) in [6.07, 6.45) is 2.07. The molecule has 0 unspecified atom stereocenters. The highest BCUT2D eigenvalue weighted by Crippen LogP contribution is 2.28. The number of nitrogens with zero attached hydrogens (tertiary/aromatic N) is 2. The number of anilines is 1. The van der Waals surface area contributed by atoms with E-state index in [2.05, 4.69) is 10.2 Å². The van der Waals surface area contributed by atoms with Gasteiger partial charge in [-0.3, -0.25) is 9.69 Å². The third kappa shape index (κ3) is 5.15. The minimum absolute atomic E-state index is 0.126. The molecule has 0 saturated heterocycles. The number of nitrogens with one attached hydrogen (secondary N) is 1. The summed E-state index contributed by atoms with van der Waals surface area (Å²) in [5.41, 5.74) is 1.38. The molecule has 0 atom stereocenters. The zero-order valence-corrected chi connectivity index (χ0v) is 16.7. The maximum Gasteiger partial charge on any atom is 0.242 e. The van der Waals surface area contributed by atoms with Gasteiger partial charge in [0.1, 0.15) is 5.82 Å². The van der Waals surface area contributed by atoms with Crippen LogP contribution in [-0.2, 0) is 21.4 Å². The van der Waals surface area contributed by atoms with E-state index in [1.165, 1.54) is 38.4 Å². The number of amides is 1. The number of carbonyl (C=O) groups is 1. The predicted octanol–water partition coefficient (Wildman–Crippen LogP) is 2.68. The Morgan fingerprint density at radius 3 is 2.43 bits per heavy atom. The van der Waals surface area contributed by atoms with E-state index < -0.39 is 10.0 Å². The average molecular weight is 405 g/mol. The van der Waals surface area contributed by atoms with E-state index in [-0.39, 0.29) is 23.2 Å². The largest absolute Gasteiger partial charge is 0.325 e. The second-order valence-electron chi connectivity index (χ2n) is 7.13. The number of sulfonamides is 1. The highest BCUT2D eigenvalue weighted by Gasteiger charge is 2.30. The minimum Gasteiger partial charge on any atom is -0.325 e. The SMILES string of the molecule is CN(C)S(=O)(=O)c1cccc(NC(=O)CN(Cc2ccc(F)cc2)C2CC2)c1. The van der Waals surface area contributed by atoms with Gasteiger partial charge in [-0.05, 0) is 48.7 Å². The summed E-state index contributed by atoms with van der Waals surface area (Å²) in [5, 5.41) is 2.78. The third-order valence-corrected chi connectivity index (χ3v) is 6.42. The van der Waals surface area contributed by atoms with Crippen molar-refractivity contribution in [2.75, 3.05) is 26.0 Å². The van der Waals surface area contributed by atoms with Crippen LogP contribution in [0.5, 0.6) is 0 Å². The summed E-state index contributed by atoms with van der Waals surface area (Å²) in [7, 11) is -0.641. The highest BCUT2D eigenvalue weighted by molar-refractivity contribution is 7.89. The quantitative estimate of drug-likeness (QED) is 0.733. The number of carbonyl (C=O) groups excluding carboxylic acids is 1. The fourth-order valence-electron chi connectivity index (χ4n) is 2.91. The molecule has 1 fully saturated rings. The molecule has 1 saturated carbocycles. The van der Waals surface area contributed by atoms with E-state index in [0.717, 1.165) is 22.7 Å². The predicted molar refractivity (Wildman–Crippen MR) is 106 cm³/mol. The van der Waals surface area contributed by atoms with Crippen molar-refractivity contribution in [3.8, 4) is 0 Å². The van der Waals surface area contributed by atoms with Crippen LogP contribution in [0, 0.1) is 5.82 Å². The zero-order valence-electron chi connectivity index (χ0n) is 15.9. The fourth-order valence-corrected chi connectivity index (χ4v) is 3.86. The van der Waals surface area contributed by atoms with E-state index in [0.29, 0.717) is 18.3 Å². The summed E-state index contributed by atoms with van der Waals surface area (Å²) in [6, 6.07) is 12.8. The van der Waals surface area contributed by atoms with Crippen molar-refractivity contribution in [2.24, 2.45) is 0 Å². The first kappa shape index (κ1) is 20.4. The zero-order chi connectivity index (χ0) is 20.3. The van der Waals surface area contributed by atoms with Crippen molar-refractivity contribution >= 4 is 21.6 Å². The van der Waals surface area contributed by atoms with E-state index in [1.54, 1.807) is 24.3 Å². The van der Waals surface area contributed by atoms with Crippen LogP contribution >= 0.6 is 0 Å². The van der Waals surface area contributed by atoms with Crippen LogP contribution in [0.15, 0.2) is 53.4 Å². The van der Waals surface area contributed by atoms with Crippen molar-refractivity contribution in [2.45, 2.75) is 30.3 Å². The first-order valence-electron chi connectivity index (χ1n) is 9.06. The van der Waals surface area contributed by atoms with Gasteiger partial charge in [0.25, 0.3) is 0 Å². The Balaban J connectivity index is 1.66. The van der Waals surface area contributed by atoms with Crippen molar-refractivity contribution in [1.82, 2.24) is 9.21 Å². The molecule has 28 heavy (non-hydrogen) atoms. The smallest absolute Gasteiger partial charge is 0.242 e. The van der Waals surface area contributed by atoms with Crippen LogP contribution in [-0.4, -0.2) is 50.2 Å². The number of benzene rings is 2. The van der Waals surface area contributed by atoms with Crippen molar-refractivity contribution < 1.29 is 17.6 Å². The van der Waals surface area contributed by atoms with Gasteiger partial charge in [0.2, 0.25) is 15.9 Å². The van der Waals surface area contributed by atoms with Crippen LogP contribution < -0.4 is 5.32 Å². The Bertz CT molecular complexity index is 941. The lowest BCUT2D eigenvalue weighted by Crippen LogP contribution is -2.34. The Morgan fingerprint density at radius 1 is 1.14 bits per heavy atom. The molecule has 1 amide bonds. The molecule has 6 nitrogen and oxygen atoms in total. The third-order valence-electron chi connectivity index (χ3n) is 4.61. The van der Waals surface area contributed by atoms with Gasteiger partial charge in [-0.2, -0.15) is 0 Å². The van der Waals surface area contributed by atoms with Crippen LogP contribution in [0.2, 0.25) is 0 Å². The second kappa shape index (κ2) is 8.38. The molecule has 1 aliphatic carbocycles. The topological polar surface area (TPSA) is 69.7 Å². The Labute approximate surface area is 165 Å². The normalized spacial score (nSPS) is 14.5. The first-order valence-corrected chi connectivity index (χ1v) is 10.5. The molecule has 2 aromatic carbocycles. The molecule has 1 aliphatic rings. The lowest BCUT2D eigenvalue weighted by atomic mass is 10.2. The molecular weight excluding hydrogens is 381 g/mol. The van der Waals surface area contributed by atoms with Crippen molar-refractivity contribution in [3.63, 3.8) is 0 Å². The van der Waals surface area contributed by atoms with Gasteiger partial charge >= 0.3 is 0 Å². The lowest BCUT2D eigenvalue weighted by Gasteiger charge is -2.21. The van der Waals surface area contributed by atoms with E-state index in [1.807, 2.05) is 0 Å². The Morgan fingerprint density at radius 2 is 1.82 bits per heavy atom. The Kier molecular flexibility index (Phi) is 6.12. The molecule has 0 spiro atoms. The Hall–Kier alpha value is -2.29. The van der Waals surface area contributed by atoms with Gasteiger partial charge in [0, 0.05) is 32.4 Å². The number of hydrogen-bond donors (Lipinski definition) is 1. The molecule has 8 heteroatoms. The van der Waals surface area contributed by atoms with Gasteiger partial charge in [-0.1, -0.05) is 18.2 Å². The molecule has 0 bridgehead atoms. The molecule has 2 aromatic rings. The van der Waals surface area contributed by atoms with E-state index in [9.17, 15) is 17.6 Å². The molecule has 0 aliphatic heterocycles. The molecule has 0 radical (unpaired) electrons. The van der Waals surface area contributed by atoms with Crippen LogP contribution in [0.1, 0.15) is 18.4 Å². The summed E-state index contributed by atoms with van der Waals surface area (Å²) in [4.78, 5) is 14.7. The maximum absolute atomic E-state index is 13.1. The number of halogens is 1. The molecule has 1 N–H and O–H groups in total. The van der Waals surface area contributed by atoms with E-state index >= 15 is 0 Å². The average Bonchev–Trinajstić information content (AvgIpc) is 3.48. The maximum atomic E-state index is 13.1. The van der Waals surface area contributed by atoms with Crippen LogP contribution in [0.3, 0.4) is 0 Å². The summed E-state index contributed by atoms with van der Waals surface area (Å²) in [6.45, 7) is 0.750. The molecule has 0 heterocycles. The van der Waals surface area contributed by atoms with Crippen molar-refractivity contribution in [3.05, 3.63) is 59.9 Å². The van der Waals surface area contributed by atoms with Crippen molar-refractivity contribution in [1.29, 1.82) is 0 Å². The van der Waals surface area contributed by atoms with Gasteiger partial charge in [-0.25, -0.2) is 17.1 Å². The first-order chi connectivity index (χ1) is 13.3. The highest BCUT2D eigenvalue weighted by atomic mass is 32.2.